The smallest absolute Gasteiger partial charge is 0.331 e. The quantitative estimate of drug-likeness (QED) is 0.577. The highest BCUT2D eigenvalue weighted by atomic mass is 16.2. The van der Waals surface area contributed by atoms with Gasteiger partial charge in [-0.1, -0.05) is 48.5 Å². The van der Waals surface area contributed by atoms with Crippen LogP contribution >= 0.6 is 0 Å². The summed E-state index contributed by atoms with van der Waals surface area (Å²) in [5, 5.41) is 3.19. The molecule has 6 nitrogen and oxygen atoms in total. The first-order chi connectivity index (χ1) is 13.0. The van der Waals surface area contributed by atoms with Crippen molar-refractivity contribution in [2.24, 2.45) is 7.05 Å². The van der Waals surface area contributed by atoms with Gasteiger partial charge in [0.1, 0.15) is 5.57 Å². The molecule has 4 amide bonds. The maximum atomic E-state index is 12.9. The predicted molar refractivity (Wildman–Crippen MR) is 101 cm³/mol. The summed E-state index contributed by atoms with van der Waals surface area (Å²) in [4.78, 5) is 38.4. The molecule has 1 saturated heterocycles. The molecule has 6 heteroatoms. The summed E-state index contributed by atoms with van der Waals surface area (Å²) >= 11 is 0. The molecule has 0 atom stereocenters. The molecule has 0 bridgehead atoms. The lowest BCUT2D eigenvalue weighted by molar-refractivity contribution is -0.130. The average Bonchev–Trinajstić information content (AvgIpc) is 2.99. The number of nitrogens with one attached hydrogen (secondary N) is 1. The Morgan fingerprint density at radius 2 is 1.67 bits per heavy atom. The number of fused-ring (bicyclic) bond motifs is 1. The number of carbonyl (C=O) groups is 3. The summed E-state index contributed by atoms with van der Waals surface area (Å²) < 4.78 is 1.93. The lowest BCUT2D eigenvalue weighted by Gasteiger charge is -2.26. The van der Waals surface area contributed by atoms with Gasteiger partial charge in [-0.25, -0.2) is 4.79 Å². The van der Waals surface area contributed by atoms with E-state index in [-0.39, 0.29) is 12.1 Å². The van der Waals surface area contributed by atoms with Crippen LogP contribution in [0, 0.1) is 0 Å². The zero-order chi connectivity index (χ0) is 19.0. The standard InChI is InChI=1S/C21H17N3O3/c1-23-13-15(16-9-5-6-10-18(16)23)11-17-19(25)22-21(27)24(20(17)26)12-14-7-3-2-4-8-14/h2-11,13H,12H2,1H3,(H,22,25,27)/b17-11+. The highest BCUT2D eigenvalue weighted by Gasteiger charge is 2.35. The predicted octanol–water partition coefficient (Wildman–Crippen LogP) is 2.84. The zero-order valence-electron chi connectivity index (χ0n) is 14.7. The number of benzene rings is 2. The largest absolute Gasteiger partial charge is 0.350 e. The Labute approximate surface area is 155 Å². The van der Waals surface area contributed by atoms with Gasteiger partial charge < -0.3 is 4.57 Å². The van der Waals surface area contributed by atoms with E-state index in [0.717, 1.165) is 26.9 Å². The third kappa shape index (κ3) is 3.01. The Bertz CT molecular complexity index is 1100. The second-order valence-corrected chi connectivity index (χ2v) is 6.41. The van der Waals surface area contributed by atoms with Crippen molar-refractivity contribution in [2.75, 3.05) is 0 Å². The van der Waals surface area contributed by atoms with E-state index in [2.05, 4.69) is 5.32 Å². The van der Waals surface area contributed by atoms with Crippen LogP contribution in [0.3, 0.4) is 0 Å². The molecule has 134 valence electrons. The van der Waals surface area contributed by atoms with Gasteiger partial charge in [0, 0.05) is 29.7 Å². The SMILES string of the molecule is Cn1cc(/C=C2\C(=O)NC(=O)N(Cc3ccccc3)C2=O)c2ccccc21. The third-order valence-corrected chi connectivity index (χ3v) is 4.60. The van der Waals surface area contributed by atoms with Crippen molar-refractivity contribution in [3.8, 4) is 0 Å². The summed E-state index contributed by atoms with van der Waals surface area (Å²) in [6.45, 7) is 0.103. The summed E-state index contributed by atoms with van der Waals surface area (Å²) in [7, 11) is 1.90. The number of aromatic nitrogens is 1. The maximum absolute atomic E-state index is 12.9. The van der Waals surface area contributed by atoms with Crippen LogP contribution in [0.25, 0.3) is 17.0 Å². The van der Waals surface area contributed by atoms with E-state index in [9.17, 15) is 14.4 Å². The minimum atomic E-state index is -0.705. The zero-order valence-corrected chi connectivity index (χ0v) is 14.7. The monoisotopic (exact) mass is 359 g/mol. The Balaban J connectivity index is 1.72. The van der Waals surface area contributed by atoms with Crippen LogP contribution in [0.15, 0.2) is 66.4 Å². The number of hydrogen-bond acceptors (Lipinski definition) is 3. The Morgan fingerprint density at radius 3 is 2.44 bits per heavy atom. The van der Waals surface area contributed by atoms with Gasteiger partial charge in [-0.3, -0.25) is 19.8 Å². The topological polar surface area (TPSA) is 71.4 Å². The molecule has 1 N–H and O–H groups in total. The Morgan fingerprint density at radius 1 is 0.963 bits per heavy atom. The molecule has 2 aromatic carbocycles. The Kier molecular flexibility index (Phi) is 4.08. The van der Waals surface area contributed by atoms with Gasteiger partial charge in [0.05, 0.1) is 6.54 Å². The fourth-order valence-corrected chi connectivity index (χ4v) is 3.25. The van der Waals surface area contributed by atoms with Gasteiger partial charge in [-0.05, 0) is 17.7 Å². The molecule has 0 radical (unpaired) electrons. The van der Waals surface area contributed by atoms with Gasteiger partial charge >= 0.3 is 6.03 Å². The molecule has 1 aliphatic rings. The molecule has 1 aromatic heterocycles. The number of aryl methyl sites for hydroxylation is 1. The first-order valence-corrected chi connectivity index (χ1v) is 8.51. The van der Waals surface area contributed by atoms with Crippen molar-refractivity contribution in [3.05, 3.63) is 77.5 Å². The van der Waals surface area contributed by atoms with E-state index in [4.69, 9.17) is 0 Å². The molecule has 0 unspecified atom stereocenters. The van der Waals surface area contributed by atoms with Crippen LogP contribution < -0.4 is 5.32 Å². The molecule has 0 aliphatic carbocycles. The fraction of sp³-hybridized carbons (Fsp3) is 0.0952. The number of imide groups is 2. The molecule has 1 fully saturated rings. The summed E-state index contributed by atoms with van der Waals surface area (Å²) in [6.07, 6.45) is 3.40. The van der Waals surface area contributed by atoms with Crippen LogP contribution in [0.5, 0.6) is 0 Å². The lowest BCUT2D eigenvalue weighted by atomic mass is 10.1. The number of rotatable bonds is 3. The molecule has 27 heavy (non-hydrogen) atoms. The highest BCUT2D eigenvalue weighted by molar-refractivity contribution is 6.31. The second kappa shape index (κ2) is 6.57. The van der Waals surface area contributed by atoms with Crippen molar-refractivity contribution in [2.45, 2.75) is 6.54 Å². The molecular weight excluding hydrogens is 342 g/mol. The minimum Gasteiger partial charge on any atom is -0.350 e. The number of hydrogen-bond donors (Lipinski definition) is 1. The number of para-hydroxylation sites is 1. The van der Waals surface area contributed by atoms with Gasteiger partial charge in [-0.15, -0.1) is 0 Å². The summed E-state index contributed by atoms with van der Waals surface area (Å²) in [5.74, 6) is -1.28. The van der Waals surface area contributed by atoms with Crippen molar-refractivity contribution in [1.82, 2.24) is 14.8 Å². The lowest BCUT2D eigenvalue weighted by Crippen LogP contribution is -2.53. The van der Waals surface area contributed by atoms with Crippen molar-refractivity contribution >= 4 is 34.8 Å². The molecule has 4 rings (SSSR count). The number of barbiturate groups is 1. The van der Waals surface area contributed by atoms with Crippen molar-refractivity contribution in [1.29, 1.82) is 0 Å². The maximum Gasteiger partial charge on any atom is 0.331 e. The fourth-order valence-electron chi connectivity index (χ4n) is 3.25. The van der Waals surface area contributed by atoms with Crippen LogP contribution in [0.1, 0.15) is 11.1 Å². The van der Waals surface area contributed by atoms with Crippen molar-refractivity contribution < 1.29 is 14.4 Å². The van der Waals surface area contributed by atoms with Crippen LogP contribution in [0.4, 0.5) is 4.79 Å². The normalized spacial score (nSPS) is 16.3. The number of amides is 4. The number of carbonyl (C=O) groups excluding carboxylic acids is 3. The molecule has 2 heterocycles. The van der Waals surface area contributed by atoms with E-state index in [0.29, 0.717) is 0 Å². The number of nitrogens with zero attached hydrogens (tertiary/aromatic N) is 2. The first kappa shape index (κ1) is 16.8. The molecule has 1 aliphatic heterocycles. The van der Waals surface area contributed by atoms with E-state index >= 15 is 0 Å². The van der Waals surface area contributed by atoms with Crippen LogP contribution in [-0.4, -0.2) is 27.3 Å². The highest BCUT2D eigenvalue weighted by Crippen LogP contribution is 2.24. The van der Waals surface area contributed by atoms with Crippen molar-refractivity contribution in [3.63, 3.8) is 0 Å². The van der Waals surface area contributed by atoms with E-state index in [1.54, 1.807) is 6.08 Å². The van der Waals surface area contributed by atoms with Gasteiger partial charge in [0.2, 0.25) is 0 Å². The first-order valence-electron chi connectivity index (χ1n) is 8.51. The van der Waals surface area contributed by atoms with Crippen LogP contribution in [0.2, 0.25) is 0 Å². The van der Waals surface area contributed by atoms with Gasteiger partial charge in [0.15, 0.2) is 0 Å². The Hall–Kier alpha value is -3.67. The summed E-state index contributed by atoms with van der Waals surface area (Å²) in [5.41, 5.74) is 2.49. The number of urea groups is 1. The second-order valence-electron chi connectivity index (χ2n) is 6.41. The molecule has 0 spiro atoms. The van der Waals surface area contributed by atoms with Gasteiger partial charge in [0.25, 0.3) is 11.8 Å². The third-order valence-electron chi connectivity index (χ3n) is 4.60. The van der Waals surface area contributed by atoms with E-state index < -0.39 is 17.8 Å². The minimum absolute atomic E-state index is 0.0538. The molecule has 3 aromatic rings. The van der Waals surface area contributed by atoms with E-state index in [1.165, 1.54) is 0 Å². The van der Waals surface area contributed by atoms with Gasteiger partial charge in [-0.2, -0.15) is 0 Å². The van der Waals surface area contributed by atoms with E-state index in [1.807, 2.05) is 72.4 Å². The summed E-state index contributed by atoms with van der Waals surface area (Å²) in [6, 6.07) is 16.2. The average molecular weight is 359 g/mol. The molecular formula is C21H17N3O3. The molecule has 0 saturated carbocycles. The van der Waals surface area contributed by atoms with Crippen LogP contribution in [-0.2, 0) is 23.2 Å².